The molecule has 2 heterocycles. The molecule has 0 atom stereocenters. The fourth-order valence-electron chi connectivity index (χ4n) is 3.75. The summed E-state index contributed by atoms with van der Waals surface area (Å²) in [4.78, 5) is 41.1. The summed E-state index contributed by atoms with van der Waals surface area (Å²) in [5.74, 6) is 0.798. The number of benzene rings is 2. The van der Waals surface area contributed by atoms with Crippen molar-refractivity contribution in [3.05, 3.63) is 59.2 Å². The third-order valence-corrected chi connectivity index (χ3v) is 5.62. The lowest BCUT2D eigenvalue weighted by Gasteiger charge is -2.27. The van der Waals surface area contributed by atoms with Crippen LogP contribution in [0.1, 0.15) is 45.2 Å². The van der Waals surface area contributed by atoms with Crippen LogP contribution in [0.3, 0.4) is 0 Å². The number of nitrogens with zero attached hydrogens (tertiary/aromatic N) is 5. The smallest absolute Gasteiger partial charge is 0.261 e. The number of imide groups is 1. The van der Waals surface area contributed by atoms with Crippen molar-refractivity contribution >= 4 is 28.5 Å². The van der Waals surface area contributed by atoms with E-state index in [9.17, 15) is 14.4 Å². The molecule has 1 aromatic heterocycles. The molecular weight excluding hydrogens is 382 g/mol. The topological polar surface area (TPSA) is 88.4 Å². The first-order valence-corrected chi connectivity index (χ1v) is 9.85. The molecule has 3 amide bonds. The predicted molar refractivity (Wildman–Crippen MR) is 111 cm³/mol. The van der Waals surface area contributed by atoms with Crippen molar-refractivity contribution in [3.63, 3.8) is 0 Å². The maximum absolute atomic E-state index is 12.9. The van der Waals surface area contributed by atoms with E-state index in [2.05, 4.69) is 10.2 Å². The Labute approximate surface area is 174 Å². The number of hydrogen-bond donors (Lipinski definition) is 0. The van der Waals surface area contributed by atoms with Gasteiger partial charge >= 0.3 is 0 Å². The highest BCUT2D eigenvalue weighted by molar-refractivity contribution is 6.25. The zero-order valence-electron chi connectivity index (χ0n) is 17.3. The summed E-state index contributed by atoms with van der Waals surface area (Å²) in [7, 11) is 3.56. The molecule has 1 aliphatic rings. The Hall–Kier alpha value is -3.55. The van der Waals surface area contributed by atoms with Crippen LogP contribution in [0.5, 0.6) is 0 Å². The van der Waals surface area contributed by atoms with E-state index in [-0.39, 0.29) is 30.7 Å². The van der Waals surface area contributed by atoms with Gasteiger partial charge in [-0.25, -0.2) is 0 Å². The zero-order chi connectivity index (χ0) is 21.4. The molecule has 0 fully saturated rings. The van der Waals surface area contributed by atoms with Gasteiger partial charge in [-0.15, -0.1) is 10.2 Å². The van der Waals surface area contributed by atoms with Gasteiger partial charge in [0.1, 0.15) is 5.82 Å². The summed E-state index contributed by atoms with van der Waals surface area (Å²) in [5.41, 5.74) is 1.06. The van der Waals surface area contributed by atoms with Crippen LogP contribution in [-0.2, 0) is 18.4 Å². The van der Waals surface area contributed by atoms with Crippen LogP contribution in [0.15, 0.2) is 36.4 Å². The first-order valence-electron chi connectivity index (χ1n) is 9.85. The van der Waals surface area contributed by atoms with Gasteiger partial charge in [0.25, 0.3) is 11.8 Å². The van der Waals surface area contributed by atoms with Crippen LogP contribution < -0.4 is 0 Å². The van der Waals surface area contributed by atoms with E-state index in [0.29, 0.717) is 35.3 Å². The fourth-order valence-corrected chi connectivity index (χ4v) is 3.75. The molecular formula is C22H23N5O3. The molecule has 1 aliphatic heterocycles. The molecule has 0 N–H and O–H groups in total. The third kappa shape index (κ3) is 3.34. The van der Waals surface area contributed by atoms with Crippen molar-refractivity contribution < 1.29 is 14.4 Å². The predicted octanol–water partition coefficient (Wildman–Crippen LogP) is 2.31. The van der Waals surface area contributed by atoms with Crippen molar-refractivity contribution in [2.24, 2.45) is 7.05 Å². The molecule has 30 heavy (non-hydrogen) atoms. The van der Waals surface area contributed by atoms with Gasteiger partial charge in [0, 0.05) is 43.6 Å². The first kappa shape index (κ1) is 19.8. The van der Waals surface area contributed by atoms with Gasteiger partial charge in [-0.3, -0.25) is 19.3 Å². The largest absolute Gasteiger partial charge is 0.338 e. The van der Waals surface area contributed by atoms with Gasteiger partial charge in [0.05, 0.1) is 6.54 Å². The lowest BCUT2D eigenvalue weighted by molar-refractivity contribution is -0.130. The monoisotopic (exact) mass is 405 g/mol. The Kier molecular flexibility index (Phi) is 5.07. The summed E-state index contributed by atoms with van der Waals surface area (Å²) in [6.45, 7) is 2.40. The highest BCUT2D eigenvalue weighted by Gasteiger charge is 2.32. The van der Waals surface area contributed by atoms with Crippen LogP contribution in [0, 0.1) is 6.92 Å². The number of carbonyl (C=O) groups is 3. The van der Waals surface area contributed by atoms with Crippen LogP contribution in [0.25, 0.3) is 10.8 Å². The number of rotatable bonds is 6. The van der Waals surface area contributed by atoms with Crippen molar-refractivity contribution in [3.8, 4) is 0 Å². The Bertz CT molecular complexity index is 1120. The summed E-state index contributed by atoms with van der Waals surface area (Å²) in [5, 5.41) is 9.66. The van der Waals surface area contributed by atoms with Crippen LogP contribution in [0.2, 0.25) is 0 Å². The minimum absolute atomic E-state index is 0.0740. The number of aromatic nitrogens is 3. The molecule has 2 aromatic carbocycles. The Morgan fingerprint density at radius 2 is 1.67 bits per heavy atom. The highest BCUT2D eigenvalue weighted by atomic mass is 16.2. The average Bonchev–Trinajstić information content (AvgIpc) is 3.06. The molecule has 0 aliphatic carbocycles. The van der Waals surface area contributed by atoms with E-state index in [1.807, 2.05) is 42.8 Å². The molecule has 154 valence electrons. The maximum Gasteiger partial charge on any atom is 0.261 e. The zero-order valence-corrected chi connectivity index (χ0v) is 17.3. The molecule has 0 spiro atoms. The second kappa shape index (κ2) is 7.70. The van der Waals surface area contributed by atoms with Crippen LogP contribution in [0.4, 0.5) is 0 Å². The SMILES string of the molecule is Cc1nnc(CN(C)C(=O)CCCN2C(=O)c3cccc4cccc(c34)C2=O)n1C. The van der Waals surface area contributed by atoms with Crippen molar-refractivity contribution in [1.82, 2.24) is 24.6 Å². The van der Waals surface area contributed by atoms with E-state index in [4.69, 9.17) is 0 Å². The minimum Gasteiger partial charge on any atom is -0.338 e. The summed E-state index contributed by atoms with van der Waals surface area (Å²) >= 11 is 0. The van der Waals surface area contributed by atoms with Crippen molar-refractivity contribution in [2.75, 3.05) is 13.6 Å². The van der Waals surface area contributed by atoms with Crippen LogP contribution in [-0.4, -0.2) is 55.9 Å². The number of carbonyl (C=O) groups excluding carboxylic acids is 3. The van der Waals surface area contributed by atoms with E-state index < -0.39 is 0 Å². The molecule has 0 saturated heterocycles. The Morgan fingerprint density at radius 3 is 2.23 bits per heavy atom. The molecule has 0 unspecified atom stereocenters. The number of amides is 3. The molecule has 0 saturated carbocycles. The summed E-state index contributed by atoms with van der Waals surface area (Å²) < 4.78 is 1.84. The van der Waals surface area contributed by atoms with E-state index in [0.717, 1.165) is 11.2 Å². The first-order chi connectivity index (χ1) is 14.4. The quantitative estimate of drug-likeness (QED) is 0.587. The molecule has 8 heteroatoms. The molecule has 0 radical (unpaired) electrons. The Morgan fingerprint density at radius 1 is 1.03 bits per heavy atom. The van der Waals surface area contributed by atoms with Gasteiger partial charge in [0.15, 0.2) is 5.82 Å². The van der Waals surface area contributed by atoms with Gasteiger partial charge in [0.2, 0.25) is 5.91 Å². The summed E-state index contributed by atoms with van der Waals surface area (Å²) in [6.07, 6.45) is 0.632. The standard InChI is InChI=1S/C22H23N5O3/c1-14-23-24-18(26(14)3)13-25(2)19(28)11-6-12-27-21(29)16-9-4-7-15-8-5-10-17(20(15)16)22(27)30/h4-5,7-10H,6,11-13H2,1-3H3. The van der Waals surface area contributed by atoms with Crippen molar-refractivity contribution in [1.29, 1.82) is 0 Å². The second-order valence-electron chi connectivity index (χ2n) is 7.55. The van der Waals surface area contributed by atoms with Crippen LogP contribution >= 0.6 is 0 Å². The summed E-state index contributed by atoms with van der Waals surface area (Å²) in [6, 6.07) is 10.9. The number of aryl methyl sites for hydroxylation is 1. The third-order valence-electron chi connectivity index (χ3n) is 5.62. The molecule has 8 nitrogen and oxygen atoms in total. The van der Waals surface area contributed by atoms with Gasteiger partial charge < -0.3 is 9.47 Å². The Balaban J connectivity index is 1.41. The van der Waals surface area contributed by atoms with Crippen molar-refractivity contribution in [2.45, 2.75) is 26.3 Å². The van der Waals surface area contributed by atoms with E-state index in [1.54, 1.807) is 24.1 Å². The lowest BCUT2D eigenvalue weighted by atomic mass is 9.94. The van der Waals surface area contributed by atoms with E-state index >= 15 is 0 Å². The molecule has 3 aromatic rings. The highest BCUT2D eigenvalue weighted by Crippen LogP contribution is 2.30. The van der Waals surface area contributed by atoms with Gasteiger partial charge in [-0.1, -0.05) is 24.3 Å². The average molecular weight is 405 g/mol. The van der Waals surface area contributed by atoms with Gasteiger partial charge in [-0.2, -0.15) is 0 Å². The fraction of sp³-hybridized carbons (Fsp3) is 0.318. The second-order valence-corrected chi connectivity index (χ2v) is 7.55. The number of hydrogen-bond acceptors (Lipinski definition) is 5. The lowest BCUT2D eigenvalue weighted by Crippen LogP contribution is -2.41. The normalized spacial score (nSPS) is 13.2. The minimum atomic E-state index is -0.306. The molecule has 4 rings (SSSR count). The van der Waals surface area contributed by atoms with Gasteiger partial charge in [-0.05, 0) is 30.9 Å². The molecule has 0 bridgehead atoms. The van der Waals surface area contributed by atoms with E-state index in [1.165, 1.54) is 4.90 Å². The maximum atomic E-state index is 12.9.